The molecule has 0 N–H and O–H groups in total. The first-order valence-electron chi connectivity index (χ1n) is 14.3. The second-order valence-corrected chi connectivity index (χ2v) is 11.2. The summed E-state index contributed by atoms with van der Waals surface area (Å²) in [6, 6.07) is 16.4. The molecule has 206 valence electrons. The third-order valence-electron chi connectivity index (χ3n) is 8.45. The van der Waals surface area contributed by atoms with E-state index in [2.05, 4.69) is 34.9 Å². The predicted molar refractivity (Wildman–Crippen MR) is 150 cm³/mol. The van der Waals surface area contributed by atoms with Crippen LogP contribution in [0.1, 0.15) is 60.5 Å². The highest BCUT2D eigenvalue weighted by molar-refractivity contribution is 6.30. The molecule has 2 heterocycles. The van der Waals surface area contributed by atoms with Gasteiger partial charge in [0.15, 0.2) is 5.79 Å². The number of halogens is 1. The third kappa shape index (κ3) is 6.60. The van der Waals surface area contributed by atoms with Crippen molar-refractivity contribution in [3.63, 3.8) is 0 Å². The summed E-state index contributed by atoms with van der Waals surface area (Å²) in [6.07, 6.45) is 5.97. The Morgan fingerprint density at radius 1 is 1.03 bits per heavy atom. The van der Waals surface area contributed by atoms with Crippen LogP contribution in [0.15, 0.2) is 48.5 Å². The van der Waals surface area contributed by atoms with Crippen LogP contribution in [0.3, 0.4) is 0 Å². The van der Waals surface area contributed by atoms with E-state index in [1.165, 1.54) is 5.56 Å². The maximum atomic E-state index is 14.5. The summed E-state index contributed by atoms with van der Waals surface area (Å²) < 4.78 is 17.6. The SMILES string of the molecule is CCc1ccccc1C(=O)N(C1CCC2(CC1)OCCO2)[C@H](CCN1CCOCC1)Cc1ccc(Cl)cc1. The van der Waals surface area contributed by atoms with E-state index < -0.39 is 5.79 Å². The standard InChI is InChI=1S/C31H41ClN2O4/c1-2-25-5-3-4-6-29(25)30(35)34(27-11-14-31(15-12-27)37-21-22-38-31)28(13-16-33-17-19-36-20-18-33)23-24-7-9-26(32)10-8-24/h3-10,27-28H,2,11-23H2,1H3/t28-/m1/s1. The Bertz CT molecular complexity index is 1040. The molecule has 38 heavy (non-hydrogen) atoms. The predicted octanol–water partition coefficient (Wildman–Crippen LogP) is 5.36. The van der Waals surface area contributed by atoms with Gasteiger partial charge < -0.3 is 19.1 Å². The second kappa shape index (κ2) is 12.9. The van der Waals surface area contributed by atoms with Crippen LogP contribution >= 0.6 is 11.6 Å². The first-order valence-corrected chi connectivity index (χ1v) is 14.7. The van der Waals surface area contributed by atoms with E-state index >= 15 is 0 Å². The summed E-state index contributed by atoms with van der Waals surface area (Å²) >= 11 is 6.21. The molecule has 3 fully saturated rings. The molecular formula is C31H41ClN2O4. The molecule has 6 nitrogen and oxygen atoms in total. The Balaban J connectivity index is 1.44. The minimum Gasteiger partial charge on any atom is -0.379 e. The van der Waals surface area contributed by atoms with Crippen molar-refractivity contribution >= 4 is 17.5 Å². The number of carbonyl (C=O) groups is 1. The van der Waals surface area contributed by atoms with Crippen LogP contribution in [0.25, 0.3) is 0 Å². The monoisotopic (exact) mass is 540 g/mol. The Kier molecular flexibility index (Phi) is 9.39. The molecule has 2 aliphatic heterocycles. The average molecular weight is 541 g/mol. The van der Waals surface area contributed by atoms with Gasteiger partial charge in [-0.3, -0.25) is 9.69 Å². The zero-order valence-corrected chi connectivity index (χ0v) is 23.3. The number of hydrogen-bond acceptors (Lipinski definition) is 5. The molecule has 1 spiro atoms. The van der Waals surface area contributed by atoms with Crippen LogP contribution in [0.2, 0.25) is 5.02 Å². The van der Waals surface area contributed by atoms with Gasteiger partial charge in [-0.15, -0.1) is 0 Å². The molecule has 7 heteroatoms. The minimum absolute atomic E-state index is 0.0703. The fourth-order valence-corrected chi connectivity index (χ4v) is 6.43. The van der Waals surface area contributed by atoms with Gasteiger partial charge in [0.1, 0.15) is 0 Å². The highest BCUT2D eigenvalue weighted by Crippen LogP contribution is 2.39. The number of amides is 1. The Hall–Kier alpha value is -1.96. The van der Waals surface area contributed by atoms with Crippen molar-refractivity contribution in [2.75, 3.05) is 46.1 Å². The van der Waals surface area contributed by atoms with Crippen molar-refractivity contribution in [3.8, 4) is 0 Å². The van der Waals surface area contributed by atoms with E-state index in [-0.39, 0.29) is 18.0 Å². The maximum absolute atomic E-state index is 14.5. The smallest absolute Gasteiger partial charge is 0.254 e. The van der Waals surface area contributed by atoms with Gasteiger partial charge in [0.2, 0.25) is 0 Å². The molecule has 2 aromatic carbocycles. The van der Waals surface area contributed by atoms with Crippen molar-refractivity contribution in [3.05, 3.63) is 70.2 Å². The number of rotatable bonds is 9. The molecule has 2 aromatic rings. The second-order valence-electron chi connectivity index (χ2n) is 10.8. The fourth-order valence-electron chi connectivity index (χ4n) is 6.30. The molecule has 1 aliphatic carbocycles. The Morgan fingerprint density at radius 3 is 2.39 bits per heavy atom. The van der Waals surface area contributed by atoms with Gasteiger partial charge in [-0.05, 0) is 61.4 Å². The summed E-state index contributed by atoms with van der Waals surface area (Å²) in [5.41, 5.74) is 3.14. The van der Waals surface area contributed by atoms with Crippen LogP contribution in [-0.2, 0) is 27.1 Å². The number of aryl methyl sites for hydroxylation is 1. The molecule has 0 bridgehead atoms. The van der Waals surface area contributed by atoms with Crippen molar-refractivity contribution in [2.45, 2.75) is 69.7 Å². The summed E-state index contributed by atoms with van der Waals surface area (Å²) in [6.45, 7) is 7.84. The summed E-state index contributed by atoms with van der Waals surface area (Å²) in [4.78, 5) is 19.2. The van der Waals surface area contributed by atoms with E-state index in [1.807, 2.05) is 30.3 Å². The van der Waals surface area contributed by atoms with Crippen molar-refractivity contribution < 1.29 is 19.0 Å². The number of hydrogen-bond donors (Lipinski definition) is 0. The molecule has 0 radical (unpaired) electrons. The molecule has 1 amide bonds. The summed E-state index contributed by atoms with van der Waals surface area (Å²) in [5.74, 6) is -0.302. The normalized spacial score (nSPS) is 21.0. The highest BCUT2D eigenvalue weighted by Gasteiger charge is 2.44. The fraction of sp³-hybridized carbons (Fsp3) is 0.581. The lowest BCUT2D eigenvalue weighted by atomic mass is 9.86. The van der Waals surface area contributed by atoms with Crippen molar-refractivity contribution in [2.24, 2.45) is 0 Å². The van der Waals surface area contributed by atoms with E-state index in [4.69, 9.17) is 25.8 Å². The molecule has 0 aromatic heterocycles. The highest BCUT2D eigenvalue weighted by atomic mass is 35.5. The Morgan fingerprint density at radius 2 is 1.71 bits per heavy atom. The lowest BCUT2D eigenvalue weighted by molar-refractivity contribution is -0.183. The van der Waals surface area contributed by atoms with Crippen LogP contribution in [0, 0.1) is 0 Å². The number of benzene rings is 2. The number of morpholine rings is 1. The lowest BCUT2D eigenvalue weighted by Gasteiger charge is -2.44. The average Bonchev–Trinajstić information content (AvgIpc) is 3.42. The van der Waals surface area contributed by atoms with E-state index in [0.29, 0.717) is 13.2 Å². The van der Waals surface area contributed by atoms with Gasteiger partial charge in [-0.25, -0.2) is 0 Å². The summed E-state index contributed by atoms with van der Waals surface area (Å²) in [5, 5.41) is 0.734. The first kappa shape index (κ1) is 27.6. The van der Waals surface area contributed by atoms with E-state index in [0.717, 1.165) is 93.9 Å². The lowest BCUT2D eigenvalue weighted by Crippen LogP contribution is -2.53. The first-order chi connectivity index (χ1) is 18.6. The van der Waals surface area contributed by atoms with Gasteiger partial charge in [0, 0.05) is 55.1 Å². The van der Waals surface area contributed by atoms with Crippen molar-refractivity contribution in [1.29, 1.82) is 0 Å². The molecule has 5 rings (SSSR count). The van der Waals surface area contributed by atoms with Crippen LogP contribution in [0.5, 0.6) is 0 Å². The van der Waals surface area contributed by atoms with Crippen LogP contribution in [-0.4, -0.2) is 79.6 Å². The topological polar surface area (TPSA) is 51.2 Å². The molecule has 1 atom stereocenters. The Labute approximate surface area is 232 Å². The number of ether oxygens (including phenoxy) is 3. The van der Waals surface area contributed by atoms with Gasteiger partial charge in [-0.2, -0.15) is 0 Å². The minimum atomic E-state index is -0.452. The van der Waals surface area contributed by atoms with E-state index in [9.17, 15) is 4.79 Å². The van der Waals surface area contributed by atoms with Gasteiger partial charge >= 0.3 is 0 Å². The van der Waals surface area contributed by atoms with Gasteiger partial charge in [0.05, 0.1) is 26.4 Å². The molecule has 3 aliphatic rings. The molecule has 2 saturated heterocycles. The number of nitrogens with zero attached hydrogens (tertiary/aromatic N) is 2. The van der Waals surface area contributed by atoms with Crippen LogP contribution in [0.4, 0.5) is 0 Å². The molecule has 1 saturated carbocycles. The zero-order valence-electron chi connectivity index (χ0n) is 22.6. The largest absolute Gasteiger partial charge is 0.379 e. The third-order valence-corrected chi connectivity index (χ3v) is 8.70. The number of carbonyl (C=O) groups excluding carboxylic acids is 1. The van der Waals surface area contributed by atoms with Crippen LogP contribution < -0.4 is 0 Å². The van der Waals surface area contributed by atoms with Crippen molar-refractivity contribution in [1.82, 2.24) is 9.80 Å². The molecule has 0 unspecified atom stereocenters. The molecular weight excluding hydrogens is 500 g/mol. The van der Waals surface area contributed by atoms with E-state index in [1.54, 1.807) is 0 Å². The zero-order chi connectivity index (χ0) is 26.4. The van der Waals surface area contributed by atoms with Gasteiger partial charge in [-0.1, -0.05) is 48.9 Å². The van der Waals surface area contributed by atoms with Gasteiger partial charge in [0.25, 0.3) is 5.91 Å². The maximum Gasteiger partial charge on any atom is 0.254 e. The quantitative estimate of drug-likeness (QED) is 0.428. The summed E-state index contributed by atoms with van der Waals surface area (Å²) in [7, 11) is 0.